The third-order valence-electron chi connectivity index (χ3n) is 15.4. The van der Waals surface area contributed by atoms with Crippen LogP contribution in [0.4, 0.5) is 0 Å². The van der Waals surface area contributed by atoms with Crippen molar-refractivity contribution >= 4 is 17.9 Å². The van der Waals surface area contributed by atoms with Crippen LogP contribution in [-0.2, 0) is 28.6 Å². The fourth-order valence-electron chi connectivity index (χ4n) is 10.1. The lowest BCUT2D eigenvalue weighted by molar-refractivity contribution is -0.167. The molecule has 0 N–H and O–H groups in total. The molecule has 0 aromatic carbocycles. The number of esters is 3. The van der Waals surface area contributed by atoms with Crippen molar-refractivity contribution in [2.24, 2.45) is 0 Å². The lowest BCUT2D eigenvalue weighted by Gasteiger charge is -2.18. The van der Waals surface area contributed by atoms with E-state index in [2.05, 4.69) is 106 Å². The van der Waals surface area contributed by atoms with Crippen LogP contribution in [0.2, 0.25) is 0 Å². The first-order valence-corrected chi connectivity index (χ1v) is 35.1. The van der Waals surface area contributed by atoms with Crippen molar-refractivity contribution in [2.75, 3.05) is 13.2 Å². The molecular formula is C75H132O6. The molecule has 0 amide bonds. The van der Waals surface area contributed by atoms with Gasteiger partial charge >= 0.3 is 17.9 Å². The quantitative estimate of drug-likeness (QED) is 0.0261. The molecule has 1 atom stereocenters. The molecule has 0 radical (unpaired) electrons. The van der Waals surface area contributed by atoms with Crippen LogP contribution in [0, 0.1) is 0 Å². The van der Waals surface area contributed by atoms with Crippen LogP contribution in [0.15, 0.2) is 85.1 Å². The van der Waals surface area contributed by atoms with E-state index in [-0.39, 0.29) is 31.1 Å². The minimum Gasteiger partial charge on any atom is -0.462 e. The van der Waals surface area contributed by atoms with E-state index in [1.54, 1.807) is 0 Å². The van der Waals surface area contributed by atoms with Crippen LogP contribution in [0.5, 0.6) is 0 Å². The van der Waals surface area contributed by atoms with Crippen LogP contribution in [0.1, 0.15) is 355 Å². The summed E-state index contributed by atoms with van der Waals surface area (Å²) < 4.78 is 17.0. The number of hydrogen-bond donors (Lipinski definition) is 0. The average molecular weight is 1130 g/mol. The van der Waals surface area contributed by atoms with Gasteiger partial charge in [-0.1, -0.05) is 305 Å². The molecule has 0 aliphatic rings. The Morgan fingerprint density at radius 1 is 0.259 bits per heavy atom. The molecule has 0 aromatic heterocycles. The number of unbranched alkanes of at least 4 members (excludes halogenated alkanes) is 39. The summed E-state index contributed by atoms with van der Waals surface area (Å²) in [5, 5.41) is 0. The highest BCUT2D eigenvalue weighted by Gasteiger charge is 2.19. The number of carbonyl (C=O) groups excluding carboxylic acids is 3. The Kier molecular flexibility index (Phi) is 66.2. The molecule has 0 bridgehead atoms. The van der Waals surface area contributed by atoms with E-state index in [1.807, 2.05) is 0 Å². The van der Waals surface area contributed by atoms with Gasteiger partial charge in [0.1, 0.15) is 13.2 Å². The smallest absolute Gasteiger partial charge is 0.306 e. The molecule has 6 heteroatoms. The molecule has 0 aromatic rings. The van der Waals surface area contributed by atoms with E-state index in [9.17, 15) is 14.4 Å². The molecule has 0 spiro atoms. The van der Waals surface area contributed by atoms with Crippen LogP contribution in [-0.4, -0.2) is 37.2 Å². The monoisotopic (exact) mass is 1130 g/mol. The van der Waals surface area contributed by atoms with Gasteiger partial charge in [0, 0.05) is 19.3 Å². The van der Waals surface area contributed by atoms with Gasteiger partial charge in [-0.2, -0.15) is 0 Å². The van der Waals surface area contributed by atoms with E-state index in [0.717, 1.165) is 96.3 Å². The second kappa shape index (κ2) is 69.1. The van der Waals surface area contributed by atoms with Gasteiger partial charge in [-0.25, -0.2) is 0 Å². The zero-order chi connectivity index (χ0) is 58.5. The Labute approximate surface area is 503 Å². The second-order valence-electron chi connectivity index (χ2n) is 23.4. The van der Waals surface area contributed by atoms with Crippen molar-refractivity contribution in [1.82, 2.24) is 0 Å². The van der Waals surface area contributed by atoms with E-state index in [4.69, 9.17) is 14.2 Å². The first kappa shape index (κ1) is 77.6. The fourth-order valence-corrected chi connectivity index (χ4v) is 10.1. The molecular weight excluding hydrogens is 997 g/mol. The summed E-state index contributed by atoms with van der Waals surface area (Å²) in [4.78, 5) is 38.4. The lowest BCUT2D eigenvalue weighted by atomic mass is 10.0. The Morgan fingerprint density at radius 2 is 0.481 bits per heavy atom. The van der Waals surface area contributed by atoms with Gasteiger partial charge in [0.05, 0.1) is 0 Å². The fraction of sp³-hybridized carbons (Fsp3) is 0.773. The van der Waals surface area contributed by atoms with Crippen molar-refractivity contribution in [3.63, 3.8) is 0 Å². The normalized spacial score (nSPS) is 12.6. The highest BCUT2D eigenvalue weighted by Crippen LogP contribution is 2.17. The van der Waals surface area contributed by atoms with Gasteiger partial charge < -0.3 is 14.2 Å². The van der Waals surface area contributed by atoms with Crippen LogP contribution >= 0.6 is 0 Å². The van der Waals surface area contributed by atoms with Gasteiger partial charge in [-0.15, -0.1) is 0 Å². The van der Waals surface area contributed by atoms with Gasteiger partial charge in [-0.3, -0.25) is 14.4 Å². The Morgan fingerprint density at radius 3 is 0.778 bits per heavy atom. The Balaban J connectivity index is 4.28. The van der Waals surface area contributed by atoms with Crippen molar-refractivity contribution in [2.45, 2.75) is 361 Å². The molecule has 6 nitrogen and oxygen atoms in total. The highest BCUT2D eigenvalue weighted by molar-refractivity contribution is 5.71. The zero-order valence-electron chi connectivity index (χ0n) is 53.8. The minimum atomic E-state index is -0.782. The van der Waals surface area contributed by atoms with Gasteiger partial charge in [0.2, 0.25) is 0 Å². The van der Waals surface area contributed by atoms with Crippen molar-refractivity contribution in [3.05, 3.63) is 85.1 Å². The summed E-state index contributed by atoms with van der Waals surface area (Å²) in [5.41, 5.74) is 0. The zero-order valence-corrected chi connectivity index (χ0v) is 53.8. The largest absolute Gasteiger partial charge is 0.462 e. The molecule has 0 aliphatic carbocycles. The summed E-state index contributed by atoms with van der Waals surface area (Å²) in [7, 11) is 0. The van der Waals surface area contributed by atoms with Gasteiger partial charge in [-0.05, 0) is 116 Å². The molecule has 0 aliphatic heterocycles. The molecule has 0 saturated heterocycles. The van der Waals surface area contributed by atoms with Crippen LogP contribution < -0.4 is 0 Å². The topological polar surface area (TPSA) is 78.9 Å². The van der Waals surface area contributed by atoms with Crippen molar-refractivity contribution in [1.29, 1.82) is 0 Å². The standard InChI is InChI=1S/C75H132O6/c1-4-7-10-13-16-19-22-25-27-29-31-33-35-36-37-38-40-41-43-45-47-50-53-56-59-62-65-68-74(77)80-71-72(70-79-73(76)67-64-61-58-55-52-49-24-21-18-15-12-9-6-3)81-75(78)69-66-63-60-57-54-51-48-46-44-42-39-34-32-30-28-26-23-20-17-14-11-8-5-2/h7,10,16,19,21,24-25,27,30-33,36-37,72H,4-6,8-9,11-15,17-18,20,22-23,26,28-29,34-35,38-71H2,1-3H3/b10-7-,19-16-,24-21-,27-25-,32-30-,33-31-,37-36-. The predicted molar refractivity (Wildman–Crippen MR) is 353 cm³/mol. The molecule has 1 unspecified atom stereocenters. The summed E-state index contributed by atoms with van der Waals surface area (Å²) in [6.07, 6.45) is 91.8. The van der Waals surface area contributed by atoms with E-state index in [0.29, 0.717) is 19.3 Å². The van der Waals surface area contributed by atoms with E-state index in [1.165, 1.54) is 218 Å². The predicted octanol–water partition coefficient (Wildman–Crippen LogP) is 24.2. The maximum absolute atomic E-state index is 13.0. The van der Waals surface area contributed by atoms with Crippen molar-refractivity contribution in [3.8, 4) is 0 Å². The molecule has 0 fully saturated rings. The Hall–Kier alpha value is -3.41. The summed E-state index contributed by atoms with van der Waals surface area (Å²) in [6.45, 7) is 6.55. The van der Waals surface area contributed by atoms with E-state index >= 15 is 0 Å². The SMILES string of the molecule is CC/C=C\C/C=C\C/C=C\C/C=C\C/C=C\CCCCCCCCCCCCCC(=O)OCC(COC(=O)CCCCCCC/C=C\CCCCCC)OC(=O)CCCCCCCCCCCCC/C=C\CCCCCCCCCC. The third-order valence-corrected chi connectivity index (χ3v) is 15.4. The molecule has 0 saturated carbocycles. The molecule has 468 valence electrons. The lowest BCUT2D eigenvalue weighted by Crippen LogP contribution is -2.30. The maximum Gasteiger partial charge on any atom is 0.306 e. The highest BCUT2D eigenvalue weighted by atomic mass is 16.6. The number of hydrogen-bond acceptors (Lipinski definition) is 6. The Bertz CT molecular complexity index is 1530. The number of ether oxygens (including phenoxy) is 3. The number of carbonyl (C=O) groups is 3. The number of allylic oxidation sites excluding steroid dienone is 14. The third kappa shape index (κ3) is 67.3. The summed E-state index contributed by atoms with van der Waals surface area (Å²) >= 11 is 0. The van der Waals surface area contributed by atoms with E-state index < -0.39 is 6.10 Å². The first-order valence-electron chi connectivity index (χ1n) is 35.1. The van der Waals surface area contributed by atoms with Crippen LogP contribution in [0.25, 0.3) is 0 Å². The second-order valence-corrected chi connectivity index (χ2v) is 23.4. The minimum absolute atomic E-state index is 0.0785. The maximum atomic E-state index is 13.0. The molecule has 81 heavy (non-hydrogen) atoms. The van der Waals surface area contributed by atoms with Gasteiger partial charge in [0.15, 0.2) is 6.10 Å². The summed E-state index contributed by atoms with van der Waals surface area (Å²) in [6, 6.07) is 0. The molecule has 0 heterocycles. The first-order chi connectivity index (χ1) is 40.0. The van der Waals surface area contributed by atoms with Crippen molar-refractivity contribution < 1.29 is 28.6 Å². The summed E-state index contributed by atoms with van der Waals surface area (Å²) in [5.74, 6) is -0.873. The molecule has 0 rings (SSSR count). The van der Waals surface area contributed by atoms with Crippen LogP contribution in [0.3, 0.4) is 0 Å². The van der Waals surface area contributed by atoms with Gasteiger partial charge in [0.25, 0.3) is 0 Å². The number of rotatable bonds is 64. The average Bonchev–Trinajstić information content (AvgIpc) is 3.46.